The van der Waals surface area contributed by atoms with Gasteiger partial charge in [-0.05, 0) is 108 Å². The largest absolute Gasteiger partial charge is 0.310 e. The van der Waals surface area contributed by atoms with Crippen molar-refractivity contribution in [2.24, 2.45) is 9.98 Å². The normalized spacial score (nSPS) is 11.7. The summed E-state index contributed by atoms with van der Waals surface area (Å²) in [5, 5.41) is 0. The molecule has 7 rings (SSSR count). The Morgan fingerprint density at radius 2 is 0.981 bits per heavy atom. The number of rotatable bonds is 9. The van der Waals surface area contributed by atoms with Crippen LogP contribution in [-0.4, -0.2) is 11.5 Å². The molecule has 0 saturated carbocycles. The van der Waals surface area contributed by atoms with Gasteiger partial charge in [-0.15, -0.1) is 0 Å². The Balaban J connectivity index is 1.28. The lowest BCUT2D eigenvalue weighted by Gasteiger charge is -2.27. The number of aliphatic imine (C=N–C) groups is 2. The first kappa shape index (κ1) is 33.9. The van der Waals surface area contributed by atoms with Gasteiger partial charge in [0.25, 0.3) is 0 Å². The number of hydrogen-bond acceptors (Lipinski definition) is 2. The first-order valence-electron chi connectivity index (χ1n) is 17.6. The Kier molecular flexibility index (Phi) is 10.1. The molecule has 0 aliphatic heterocycles. The smallest absolute Gasteiger partial charge is 0.160 e. The molecule has 0 heterocycles. The van der Waals surface area contributed by atoms with E-state index >= 15 is 0 Å². The van der Waals surface area contributed by atoms with Crippen molar-refractivity contribution in [1.29, 1.82) is 0 Å². The molecule has 0 N–H and O–H groups in total. The van der Waals surface area contributed by atoms with Crippen LogP contribution in [0.4, 0.5) is 17.1 Å². The van der Waals surface area contributed by atoms with Gasteiger partial charge in [0.05, 0.1) is 5.70 Å². The molecule has 0 radical (unpaired) electrons. The van der Waals surface area contributed by atoms with Crippen molar-refractivity contribution in [2.75, 3.05) is 4.90 Å². The van der Waals surface area contributed by atoms with Crippen molar-refractivity contribution in [3.8, 4) is 22.3 Å². The van der Waals surface area contributed by atoms with Crippen LogP contribution in [0.25, 0.3) is 28.0 Å². The van der Waals surface area contributed by atoms with Crippen molar-refractivity contribution < 1.29 is 0 Å². The van der Waals surface area contributed by atoms with Crippen LogP contribution in [0.1, 0.15) is 34.7 Å². The van der Waals surface area contributed by atoms with Crippen molar-refractivity contribution >= 4 is 34.3 Å². The average Bonchev–Trinajstić information content (AvgIpc) is 3.20. The lowest BCUT2D eigenvalue weighted by Crippen LogP contribution is -2.10. The summed E-state index contributed by atoms with van der Waals surface area (Å²) >= 11 is 0. The van der Waals surface area contributed by atoms with E-state index in [4.69, 9.17) is 9.98 Å². The lowest BCUT2D eigenvalue weighted by molar-refractivity contribution is 1.27. The predicted molar refractivity (Wildman–Crippen MR) is 222 cm³/mol. The fraction of sp³-hybridized carbons (Fsp3) is 0.0612. The van der Waals surface area contributed by atoms with Gasteiger partial charge in [-0.1, -0.05) is 146 Å². The molecule has 0 aromatic heterocycles. The fourth-order valence-electron chi connectivity index (χ4n) is 6.48. The molecule has 3 heteroatoms. The van der Waals surface area contributed by atoms with Crippen LogP contribution in [0, 0.1) is 13.8 Å². The molecule has 0 unspecified atom stereocenters. The van der Waals surface area contributed by atoms with Gasteiger partial charge in [0, 0.05) is 28.3 Å². The highest BCUT2D eigenvalue weighted by atomic mass is 15.1. The maximum Gasteiger partial charge on any atom is 0.160 e. The molecule has 0 aliphatic carbocycles. The number of aryl methyl sites for hydroxylation is 2. The number of nitrogens with zero attached hydrogens (tertiary/aromatic N) is 3. The van der Waals surface area contributed by atoms with E-state index < -0.39 is 0 Å². The molecule has 0 bridgehead atoms. The van der Waals surface area contributed by atoms with E-state index in [-0.39, 0.29) is 0 Å². The molecule has 52 heavy (non-hydrogen) atoms. The number of anilines is 3. The minimum Gasteiger partial charge on any atom is -0.310 e. The molecule has 0 saturated heterocycles. The summed E-state index contributed by atoms with van der Waals surface area (Å²) in [6.07, 6.45) is 0. The summed E-state index contributed by atoms with van der Waals surface area (Å²) < 4.78 is 0. The van der Waals surface area contributed by atoms with Gasteiger partial charge >= 0.3 is 0 Å². The average molecular weight is 672 g/mol. The molecular formula is C49H41N3. The number of amidine groups is 1. The van der Waals surface area contributed by atoms with E-state index in [2.05, 4.69) is 159 Å². The van der Waals surface area contributed by atoms with Gasteiger partial charge in [-0.3, -0.25) is 0 Å². The van der Waals surface area contributed by atoms with E-state index in [0.29, 0.717) is 11.5 Å². The molecule has 0 aliphatic rings. The summed E-state index contributed by atoms with van der Waals surface area (Å²) in [5.41, 5.74) is 14.9. The zero-order chi connectivity index (χ0) is 35.9. The lowest BCUT2D eigenvalue weighted by atomic mass is 9.94. The fourth-order valence-corrected chi connectivity index (χ4v) is 6.48. The van der Waals surface area contributed by atoms with Crippen LogP contribution in [-0.2, 0) is 0 Å². The van der Waals surface area contributed by atoms with Gasteiger partial charge in [0.15, 0.2) is 5.84 Å². The summed E-state index contributed by atoms with van der Waals surface area (Å²) in [7, 11) is 0. The highest BCUT2D eigenvalue weighted by molar-refractivity contribution is 6.13. The Morgan fingerprint density at radius 3 is 1.62 bits per heavy atom. The minimum absolute atomic E-state index is 0.629. The Hall–Kier alpha value is -6.58. The molecular weight excluding hydrogens is 631 g/mol. The summed E-state index contributed by atoms with van der Waals surface area (Å²) in [6, 6.07) is 63.4. The van der Waals surface area contributed by atoms with E-state index in [9.17, 15) is 0 Å². The number of benzene rings is 7. The Bertz CT molecular complexity index is 2360. The zero-order valence-corrected chi connectivity index (χ0v) is 29.9. The second-order valence-electron chi connectivity index (χ2n) is 12.9. The topological polar surface area (TPSA) is 28.0 Å². The standard InChI is InChI=1S/C49H41N3/c1-35-25-29-46(52(44-23-15-8-16-24-44)45-30-26-42(27-31-45)41-21-13-7-14-22-41)34-48(35)47-32-28-43(33-36(47)2)49(50-37(3)39-17-9-5-10-18-39)51-38(4)40-19-11-6-12-20-40/h5-34H,3H2,1-2,4H3. The minimum atomic E-state index is 0.629. The first-order chi connectivity index (χ1) is 25.4. The zero-order valence-electron chi connectivity index (χ0n) is 29.9. The van der Waals surface area contributed by atoms with Crippen molar-refractivity contribution in [2.45, 2.75) is 20.8 Å². The van der Waals surface area contributed by atoms with Gasteiger partial charge in [0.2, 0.25) is 0 Å². The second kappa shape index (κ2) is 15.5. The van der Waals surface area contributed by atoms with Gasteiger partial charge < -0.3 is 4.90 Å². The predicted octanol–water partition coefficient (Wildman–Crippen LogP) is 13.0. The van der Waals surface area contributed by atoms with Gasteiger partial charge in [-0.2, -0.15) is 0 Å². The summed E-state index contributed by atoms with van der Waals surface area (Å²) in [4.78, 5) is 12.4. The molecule has 0 amide bonds. The van der Waals surface area contributed by atoms with Crippen LogP contribution < -0.4 is 4.90 Å². The number of hydrogen-bond donors (Lipinski definition) is 0. The highest BCUT2D eigenvalue weighted by Gasteiger charge is 2.16. The Labute approximate surface area is 307 Å². The summed E-state index contributed by atoms with van der Waals surface area (Å²) in [5.74, 6) is 0.629. The first-order valence-corrected chi connectivity index (χ1v) is 17.6. The molecule has 252 valence electrons. The quantitative estimate of drug-likeness (QED) is 0.111. The van der Waals surface area contributed by atoms with Gasteiger partial charge in [-0.25, -0.2) is 9.98 Å². The molecule has 0 fully saturated rings. The number of para-hydroxylation sites is 1. The van der Waals surface area contributed by atoms with Crippen LogP contribution in [0.15, 0.2) is 199 Å². The molecule has 0 atom stereocenters. The van der Waals surface area contributed by atoms with Crippen molar-refractivity contribution in [3.63, 3.8) is 0 Å². The van der Waals surface area contributed by atoms with E-state index in [1.54, 1.807) is 0 Å². The highest BCUT2D eigenvalue weighted by Crippen LogP contribution is 2.39. The third-order valence-corrected chi connectivity index (χ3v) is 9.31. The van der Waals surface area contributed by atoms with Crippen molar-refractivity contribution in [1.82, 2.24) is 0 Å². The third-order valence-electron chi connectivity index (χ3n) is 9.31. The van der Waals surface area contributed by atoms with Crippen LogP contribution in [0.3, 0.4) is 0 Å². The van der Waals surface area contributed by atoms with Crippen LogP contribution >= 0.6 is 0 Å². The van der Waals surface area contributed by atoms with E-state index in [1.807, 2.05) is 55.5 Å². The molecule has 0 spiro atoms. The molecule has 7 aromatic rings. The maximum absolute atomic E-state index is 5.07. The Morgan fingerprint density at radius 1 is 0.442 bits per heavy atom. The summed E-state index contributed by atoms with van der Waals surface area (Å²) in [6.45, 7) is 10.7. The van der Waals surface area contributed by atoms with Crippen LogP contribution in [0.5, 0.6) is 0 Å². The maximum atomic E-state index is 5.07. The third kappa shape index (κ3) is 7.60. The van der Waals surface area contributed by atoms with E-state index in [0.717, 1.165) is 45.0 Å². The SMILES string of the molecule is C=C(N=C(N=C(C)c1ccccc1)c1ccc(-c2cc(N(c3ccccc3)c3ccc(-c4ccccc4)cc3)ccc2C)c(C)c1)c1ccccc1. The molecule has 7 aromatic carbocycles. The van der Waals surface area contributed by atoms with Crippen molar-refractivity contribution in [3.05, 3.63) is 216 Å². The van der Waals surface area contributed by atoms with E-state index in [1.165, 1.54) is 27.8 Å². The monoisotopic (exact) mass is 671 g/mol. The molecule has 3 nitrogen and oxygen atoms in total. The van der Waals surface area contributed by atoms with Crippen LogP contribution in [0.2, 0.25) is 0 Å². The second-order valence-corrected chi connectivity index (χ2v) is 12.9. The van der Waals surface area contributed by atoms with Gasteiger partial charge in [0.1, 0.15) is 0 Å².